The molecule has 0 aliphatic rings. The summed E-state index contributed by atoms with van der Waals surface area (Å²) in [6.45, 7) is 0.265. The van der Waals surface area contributed by atoms with Crippen LogP contribution in [0.5, 0.6) is 5.88 Å². The van der Waals surface area contributed by atoms with E-state index in [-0.39, 0.29) is 6.54 Å². The predicted octanol–water partition coefficient (Wildman–Crippen LogP) is -0.358. The van der Waals surface area contributed by atoms with E-state index in [4.69, 9.17) is 4.74 Å². The average molecular weight is 166 g/mol. The molecule has 0 atom stereocenters. The Kier molecular flexibility index (Phi) is 3.01. The molecule has 1 aromatic rings. The highest BCUT2D eigenvalue weighted by Crippen LogP contribution is 2.02. The minimum atomic E-state index is 0.265. The first-order valence-corrected chi connectivity index (χ1v) is 3.32. The molecular weight excluding hydrogens is 158 g/mol. The van der Waals surface area contributed by atoms with Crippen molar-refractivity contribution in [2.24, 2.45) is 0 Å². The molecule has 1 heterocycles. The second kappa shape index (κ2) is 4.27. The lowest BCUT2D eigenvalue weighted by atomic mass is 10.5. The third-order valence-electron chi connectivity index (χ3n) is 1.21. The second-order valence-corrected chi connectivity index (χ2v) is 1.97. The topological polar surface area (TPSA) is 64.1 Å². The maximum absolute atomic E-state index is 9.81. The van der Waals surface area contributed by atoms with Crippen LogP contribution in [-0.2, 0) is 11.3 Å². The largest absolute Gasteiger partial charge is 0.481 e. The number of methoxy groups -OCH3 is 1. The molecule has 0 aliphatic carbocycles. The summed E-state index contributed by atoms with van der Waals surface area (Å²) < 4.78 is 4.86. The van der Waals surface area contributed by atoms with Gasteiger partial charge in [-0.1, -0.05) is 0 Å². The van der Waals surface area contributed by atoms with Gasteiger partial charge >= 0.3 is 6.41 Å². The van der Waals surface area contributed by atoms with E-state index in [9.17, 15) is 4.79 Å². The Morgan fingerprint density at radius 3 is 3.25 bits per heavy atom. The maximum Gasteiger partial charge on any atom is 0.309 e. The van der Waals surface area contributed by atoms with Crippen LogP contribution in [0.4, 0.5) is 0 Å². The minimum Gasteiger partial charge on any atom is -0.481 e. The van der Waals surface area contributed by atoms with E-state index in [1.54, 1.807) is 12.3 Å². The number of amides is 1. The molecule has 0 fully saturated rings. The monoisotopic (exact) mass is 166 g/mol. The number of carbonyl (C=O) groups excluding carboxylic acids is 1. The van der Waals surface area contributed by atoms with Crippen LogP contribution in [0.15, 0.2) is 12.3 Å². The Morgan fingerprint density at radius 2 is 2.58 bits per heavy atom. The minimum absolute atomic E-state index is 0.265. The maximum atomic E-state index is 9.81. The number of rotatable bonds is 4. The molecule has 0 aromatic carbocycles. The van der Waals surface area contributed by atoms with Crippen LogP contribution < -0.4 is 10.1 Å². The van der Waals surface area contributed by atoms with E-state index in [0.29, 0.717) is 11.7 Å². The zero-order chi connectivity index (χ0) is 8.81. The molecule has 1 amide bonds. The molecule has 1 radical (unpaired) electrons. The standard InChI is InChI=1S/C7H8N3O2/c1-12-7-2-3-9-6(10-7)4-8-5-11/h2-3H,4H2,1H3,(H,8,11). The number of nitrogens with one attached hydrogen (secondary N) is 1. The summed E-state index contributed by atoms with van der Waals surface area (Å²) >= 11 is 0. The summed E-state index contributed by atoms with van der Waals surface area (Å²) in [5.74, 6) is 0.977. The molecule has 0 unspecified atom stereocenters. The highest BCUT2D eigenvalue weighted by atomic mass is 16.5. The lowest BCUT2D eigenvalue weighted by Crippen LogP contribution is -2.12. The van der Waals surface area contributed by atoms with Gasteiger partial charge in [-0.2, -0.15) is 4.98 Å². The summed E-state index contributed by atoms with van der Waals surface area (Å²) in [6.07, 6.45) is 3.10. The molecule has 0 saturated carbocycles. The first-order valence-electron chi connectivity index (χ1n) is 3.32. The summed E-state index contributed by atoms with van der Waals surface area (Å²) in [5, 5.41) is 2.33. The molecule has 63 valence electrons. The number of hydrogen-bond acceptors (Lipinski definition) is 4. The van der Waals surface area contributed by atoms with E-state index in [1.165, 1.54) is 13.5 Å². The zero-order valence-corrected chi connectivity index (χ0v) is 6.57. The fraction of sp³-hybridized carbons (Fsp3) is 0.286. The van der Waals surface area contributed by atoms with Crippen molar-refractivity contribution in [1.82, 2.24) is 15.3 Å². The second-order valence-electron chi connectivity index (χ2n) is 1.97. The predicted molar refractivity (Wildman–Crippen MR) is 41.1 cm³/mol. The Hall–Kier alpha value is -1.65. The quantitative estimate of drug-likeness (QED) is 0.620. The molecule has 0 bridgehead atoms. The number of ether oxygens (including phenoxy) is 1. The van der Waals surface area contributed by atoms with Gasteiger partial charge in [0.15, 0.2) is 5.82 Å². The highest BCUT2D eigenvalue weighted by Gasteiger charge is 1.96. The zero-order valence-electron chi connectivity index (χ0n) is 6.57. The third-order valence-corrected chi connectivity index (χ3v) is 1.21. The molecule has 5 heteroatoms. The highest BCUT2D eigenvalue weighted by molar-refractivity contribution is 5.46. The van der Waals surface area contributed by atoms with E-state index in [2.05, 4.69) is 15.3 Å². The van der Waals surface area contributed by atoms with Crippen molar-refractivity contribution in [2.75, 3.05) is 7.11 Å². The normalized spacial score (nSPS) is 9.08. The third kappa shape index (κ3) is 2.19. The number of aromatic nitrogens is 2. The van der Waals surface area contributed by atoms with Crippen molar-refractivity contribution in [2.45, 2.75) is 6.54 Å². The molecule has 0 aliphatic heterocycles. The summed E-state index contributed by atoms with van der Waals surface area (Å²) in [4.78, 5) is 17.7. The van der Waals surface area contributed by atoms with E-state index in [1.807, 2.05) is 0 Å². The Labute approximate surface area is 69.8 Å². The van der Waals surface area contributed by atoms with Gasteiger partial charge in [0.05, 0.1) is 13.7 Å². The SMILES string of the molecule is COc1ccnc(CN[C]=O)n1. The molecule has 1 rings (SSSR count). The van der Waals surface area contributed by atoms with Crippen molar-refractivity contribution >= 4 is 6.41 Å². The van der Waals surface area contributed by atoms with Gasteiger partial charge in [-0.3, -0.25) is 4.79 Å². The van der Waals surface area contributed by atoms with E-state index >= 15 is 0 Å². The van der Waals surface area contributed by atoms with Gasteiger partial charge in [0, 0.05) is 12.3 Å². The van der Waals surface area contributed by atoms with Crippen LogP contribution in [-0.4, -0.2) is 23.5 Å². The molecule has 5 nitrogen and oxygen atoms in total. The van der Waals surface area contributed by atoms with Gasteiger partial charge in [0.2, 0.25) is 5.88 Å². The molecule has 1 aromatic heterocycles. The van der Waals surface area contributed by atoms with Crippen LogP contribution in [0.2, 0.25) is 0 Å². The lowest BCUT2D eigenvalue weighted by molar-refractivity contribution is 0.394. The first-order chi connectivity index (χ1) is 5.86. The van der Waals surface area contributed by atoms with Crippen LogP contribution >= 0.6 is 0 Å². The van der Waals surface area contributed by atoms with Crippen molar-refractivity contribution in [3.63, 3.8) is 0 Å². The lowest BCUT2D eigenvalue weighted by Gasteiger charge is -2.00. The van der Waals surface area contributed by atoms with Crippen molar-refractivity contribution in [3.8, 4) is 5.88 Å². The summed E-state index contributed by atoms with van der Waals surface area (Å²) in [7, 11) is 1.52. The van der Waals surface area contributed by atoms with Gasteiger partial charge < -0.3 is 10.1 Å². The summed E-state index contributed by atoms with van der Waals surface area (Å²) in [6, 6.07) is 1.63. The van der Waals surface area contributed by atoms with Gasteiger partial charge in [0.25, 0.3) is 0 Å². The number of nitrogens with zero attached hydrogens (tertiary/aromatic N) is 2. The molecular formula is C7H8N3O2. The average Bonchev–Trinajstić information content (AvgIpc) is 2.15. The molecule has 1 N–H and O–H groups in total. The van der Waals surface area contributed by atoms with Crippen molar-refractivity contribution < 1.29 is 9.53 Å². The van der Waals surface area contributed by atoms with Crippen LogP contribution in [0.1, 0.15) is 5.82 Å². The molecule has 12 heavy (non-hydrogen) atoms. The smallest absolute Gasteiger partial charge is 0.309 e. The van der Waals surface area contributed by atoms with Gasteiger partial charge in [-0.25, -0.2) is 4.98 Å². The molecule has 0 spiro atoms. The van der Waals surface area contributed by atoms with Crippen molar-refractivity contribution in [3.05, 3.63) is 18.1 Å². The fourth-order valence-corrected chi connectivity index (χ4v) is 0.694. The fourth-order valence-electron chi connectivity index (χ4n) is 0.694. The summed E-state index contributed by atoms with van der Waals surface area (Å²) in [5.41, 5.74) is 0. The number of hydrogen-bond donors (Lipinski definition) is 1. The van der Waals surface area contributed by atoms with Gasteiger partial charge in [-0.15, -0.1) is 0 Å². The Morgan fingerprint density at radius 1 is 1.75 bits per heavy atom. The Balaban J connectivity index is 2.65. The van der Waals surface area contributed by atoms with E-state index in [0.717, 1.165) is 0 Å². The van der Waals surface area contributed by atoms with Gasteiger partial charge in [0.1, 0.15) is 0 Å². The molecule has 0 saturated heterocycles. The first kappa shape index (κ1) is 8.45. The Bertz CT molecular complexity index is 265. The van der Waals surface area contributed by atoms with E-state index < -0.39 is 0 Å². The van der Waals surface area contributed by atoms with Crippen molar-refractivity contribution in [1.29, 1.82) is 0 Å². The van der Waals surface area contributed by atoms with Crippen LogP contribution in [0.25, 0.3) is 0 Å². The van der Waals surface area contributed by atoms with Crippen LogP contribution in [0.3, 0.4) is 0 Å². The van der Waals surface area contributed by atoms with Gasteiger partial charge in [-0.05, 0) is 0 Å². The van der Waals surface area contributed by atoms with Crippen LogP contribution in [0, 0.1) is 0 Å².